The molecule has 0 saturated carbocycles. The van der Waals surface area contributed by atoms with Gasteiger partial charge in [0.25, 0.3) is 0 Å². The van der Waals surface area contributed by atoms with Crippen LogP contribution in [0.15, 0.2) is 16.7 Å². The summed E-state index contributed by atoms with van der Waals surface area (Å²) in [5.74, 6) is 2.45. The standard InChI is InChI=1S/C11H17NOS/c1-14-8-2-3-10-9-5-7-13-11(9)4-6-12-10/h5,7,10,12H,2-4,6,8H2,1H3. The maximum absolute atomic E-state index is 5.45. The third kappa shape index (κ3) is 2.15. The Hall–Kier alpha value is -0.410. The minimum absolute atomic E-state index is 0.532. The molecule has 1 N–H and O–H groups in total. The summed E-state index contributed by atoms with van der Waals surface area (Å²) in [5.41, 5.74) is 1.39. The van der Waals surface area contributed by atoms with Gasteiger partial charge in [0.1, 0.15) is 5.76 Å². The van der Waals surface area contributed by atoms with Crippen LogP contribution in [0.2, 0.25) is 0 Å². The summed E-state index contributed by atoms with van der Waals surface area (Å²) in [6.45, 7) is 1.06. The third-order valence-corrected chi connectivity index (χ3v) is 3.44. The van der Waals surface area contributed by atoms with Gasteiger partial charge < -0.3 is 9.73 Å². The zero-order valence-electron chi connectivity index (χ0n) is 8.58. The number of nitrogens with one attached hydrogen (secondary N) is 1. The molecule has 0 amide bonds. The van der Waals surface area contributed by atoms with Crippen molar-refractivity contribution < 1.29 is 4.42 Å². The van der Waals surface area contributed by atoms with Crippen molar-refractivity contribution in [1.82, 2.24) is 5.32 Å². The monoisotopic (exact) mass is 211 g/mol. The van der Waals surface area contributed by atoms with Gasteiger partial charge in [-0.05, 0) is 30.9 Å². The maximum Gasteiger partial charge on any atom is 0.109 e. The zero-order chi connectivity index (χ0) is 9.80. The number of rotatable bonds is 4. The fourth-order valence-corrected chi connectivity index (χ4v) is 2.48. The van der Waals surface area contributed by atoms with Crippen LogP contribution in [0.5, 0.6) is 0 Å². The maximum atomic E-state index is 5.45. The van der Waals surface area contributed by atoms with Gasteiger partial charge in [0.2, 0.25) is 0 Å². The van der Waals surface area contributed by atoms with Gasteiger partial charge in [0, 0.05) is 24.6 Å². The van der Waals surface area contributed by atoms with E-state index in [-0.39, 0.29) is 0 Å². The van der Waals surface area contributed by atoms with Gasteiger partial charge in [-0.1, -0.05) is 0 Å². The summed E-state index contributed by atoms with van der Waals surface area (Å²) in [6, 6.07) is 2.65. The van der Waals surface area contributed by atoms with Crippen LogP contribution in [0.1, 0.15) is 30.2 Å². The Morgan fingerprint density at radius 1 is 1.64 bits per heavy atom. The smallest absolute Gasteiger partial charge is 0.109 e. The molecule has 1 aromatic rings. The minimum atomic E-state index is 0.532. The molecule has 2 heterocycles. The highest BCUT2D eigenvalue weighted by Gasteiger charge is 2.21. The highest BCUT2D eigenvalue weighted by molar-refractivity contribution is 7.98. The van der Waals surface area contributed by atoms with Crippen molar-refractivity contribution in [3.63, 3.8) is 0 Å². The van der Waals surface area contributed by atoms with Crippen molar-refractivity contribution in [1.29, 1.82) is 0 Å². The number of fused-ring (bicyclic) bond motifs is 1. The summed E-state index contributed by atoms with van der Waals surface area (Å²) in [7, 11) is 0. The van der Waals surface area contributed by atoms with Crippen molar-refractivity contribution in [3.8, 4) is 0 Å². The van der Waals surface area contributed by atoms with Gasteiger partial charge in [0.05, 0.1) is 6.26 Å². The Morgan fingerprint density at radius 2 is 2.57 bits per heavy atom. The molecule has 1 aliphatic heterocycles. The van der Waals surface area contributed by atoms with E-state index in [4.69, 9.17) is 4.42 Å². The van der Waals surface area contributed by atoms with Crippen molar-refractivity contribution in [2.45, 2.75) is 25.3 Å². The van der Waals surface area contributed by atoms with Crippen LogP contribution < -0.4 is 5.32 Å². The summed E-state index contributed by atoms with van der Waals surface area (Å²) < 4.78 is 5.45. The molecule has 2 rings (SSSR count). The normalized spacial score (nSPS) is 20.8. The number of thioether (sulfide) groups is 1. The van der Waals surface area contributed by atoms with Crippen LogP contribution in [-0.2, 0) is 6.42 Å². The summed E-state index contributed by atoms with van der Waals surface area (Å²) in [4.78, 5) is 0. The summed E-state index contributed by atoms with van der Waals surface area (Å²) in [5, 5.41) is 3.55. The molecule has 78 valence electrons. The van der Waals surface area contributed by atoms with E-state index < -0.39 is 0 Å². The van der Waals surface area contributed by atoms with E-state index in [0.717, 1.165) is 13.0 Å². The van der Waals surface area contributed by atoms with E-state index in [0.29, 0.717) is 6.04 Å². The molecular weight excluding hydrogens is 194 g/mol. The first-order valence-corrected chi connectivity index (χ1v) is 6.60. The van der Waals surface area contributed by atoms with Crippen molar-refractivity contribution in [2.75, 3.05) is 18.6 Å². The van der Waals surface area contributed by atoms with E-state index in [9.17, 15) is 0 Å². The average Bonchev–Trinajstić information content (AvgIpc) is 2.67. The lowest BCUT2D eigenvalue weighted by Crippen LogP contribution is -2.28. The Bertz CT molecular complexity index is 285. The summed E-state index contributed by atoms with van der Waals surface area (Å²) >= 11 is 1.92. The largest absolute Gasteiger partial charge is 0.469 e. The van der Waals surface area contributed by atoms with E-state index in [2.05, 4.69) is 17.6 Å². The second-order valence-electron chi connectivity index (χ2n) is 3.69. The molecule has 1 unspecified atom stereocenters. The highest BCUT2D eigenvalue weighted by atomic mass is 32.2. The topological polar surface area (TPSA) is 25.2 Å². The first-order chi connectivity index (χ1) is 6.92. The molecule has 0 saturated heterocycles. The lowest BCUT2D eigenvalue weighted by atomic mass is 9.98. The molecule has 3 heteroatoms. The number of hydrogen-bond donors (Lipinski definition) is 1. The van der Waals surface area contributed by atoms with Gasteiger partial charge in [-0.25, -0.2) is 0 Å². The van der Waals surface area contributed by atoms with Crippen molar-refractivity contribution >= 4 is 11.8 Å². The minimum Gasteiger partial charge on any atom is -0.469 e. The molecule has 0 radical (unpaired) electrons. The van der Waals surface area contributed by atoms with Crippen molar-refractivity contribution in [2.24, 2.45) is 0 Å². The molecule has 1 aliphatic rings. The Kier molecular flexibility index (Phi) is 3.54. The van der Waals surface area contributed by atoms with Crippen LogP contribution >= 0.6 is 11.8 Å². The second-order valence-corrected chi connectivity index (χ2v) is 4.68. The number of furan rings is 1. The molecule has 0 spiro atoms. The molecule has 0 fully saturated rings. The molecule has 14 heavy (non-hydrogen) atoms. The lowest BCUT2D eigenvalue weighted by molar-refractivity contribution is 0.418. The SMILES string of the molecule is CSCCCC1NCCc2occc21. The van der Waals surface area contributed by atoms with Crippen LogP contribution in [0.3, 0.4) is 0 Å². The molecule has 0 aromatic carbocycles. The van der Waals surface area contributed by atoms with Crippen LogP contribution in [0.4, 0.5) is 0 Å². The van der Waals surface area contributed by atoms with E-state index in [1.165, 1.54) is 29.9 Å². The predicted octanol–water partition coefficient (Wildman–Crippen LogP) is 2.61. The second kappa shape index (κ2) is 4.89. The average molecular weight is 211 g/mol. The van der Waals surface area contributed by atoms with Gasteiger partial charge in [-0.2, -0.15) is 11.8 Å². The van der Waals surface area contributed by atoms with Gasteiger partial charge in [-0.15, -0.1) is 0 Å². The fraction of sp³-hybridized carbons (Fsp3) is 0.636. The van der Waals surface area contributed by atoms with E-state index in [1.54, 1.807) is 0 Å². The summed E-state index contributed by atoms with van der Waals surface area (Å²) in [6.07, 6.45) is 7.54. The van der Waals surface area contributed by atoms with E-state index >= 15 is 0 Å². The molecule has 1 aromatic heterocycles. The first kappa shape index (κ1) is 10.1. The molecule has 0 aliphatic carbocycles. The highest BCUT2D eigenvalue weighted by Crippen LogP contribution is 2.27. The molecule has 2 nitrogen and oxygen atoms in total. The van der Waals surface area contributed by atoms with Gasteiger partial charge >= 0.3 is 0 Å². The fourth-order valence-electron chi connectivity index (χ4n) is 2.02. The van der Waals surface area contributed by atoms with Crippen LogP contribution in [0, 0.1) is 0 Å². The van der Waals surface area contributed by atoms with Gasteiger partial charge in [-0.3, -0.25) is 0 Å². The molecular formula is C11H17NOS. The first-order valence-electron chi connectivity index (χ1n) is 5.20. The van der Waals surface area contributed by atoms with Gasteiger partial charge in [0.15, 0.2) is 0 Å². The van der Waals surface area contributed by atoms with Crippen molar-refractivity contribution in [3.05, 3.63) is 23.7 Å². The number of hydrogen-bond acceptors (Lipinski definition) is 3. The third-order valence-electron chi connectivity index (χ3n) is 2.74. The Balaban J connectivity index is 1.94. The Morgan fingerprint density at radius 3 is 3.43 bits per heavy atom. The van der Waals surface area contributed by atoms with Crippen LogP contribution in [-0.4, -0.2) is 18.6 Å². The quantitative estimate of drug-likeness (QED) is 0.775. The predicted molar refractivity (Wildman–Crippen MR) is 60.8 cm³/mol. The van der Waals surface area contributed by atoms with Crippen LogP contribution in [0.25, 0.3) is 0 Å². The Labute approximate surface area is 89.4 Å². The zero-order valence-corrected chi connectivity index (χ0v) is 9.40. The molecule has 0 bridgehead atoms. The molecule has 1 atom stereocenters. The lowest BCUT2D eigenvalue weighted by Gasteiger charge is -2.23. The van der Waals surface area contributed by atoms with E-state index in [1.807, 2.05) is 18.0 Å².